The maximum atomic E-state index is 12.4. The number of amides is 1. The molecule has 0 aliphatic carbocycles. The average Bonchev–Trinajstić information content (AvgIpc) is 3.15. The van der Waals surface area contributed by atoms with Gasteiger partial charge >= 0.3 is 0 Å². The molecule has 1 aromatic carbocycles. The molecule has 0 bridgehead atoms. The number of nitrogens with one attached hydrogen (secondary N) is 1. The van der Waals surface area contributed by atoms with Crippen LogP contribution in [-0.2, 0) is 17.8 Å². The molecule has 5 heteroatoms. The molecule has 0 saturated carbocycles. The summed E-state index contributed by atoms with van der Waals surface area (Å²) in [5.74, 6) is 0.957. The van der Waals surface area contributed by atoms with Crippen molar-refractivity contribution in [1.29, 1.82) is 0 Å². The van der Waals surface area contributed by atoms with Gasteiger partial charge in [0.05, 0.1) is 17.1 Å². The normalized spacial score (nSPS) is 12.5. The van der Waals surface area contributed by atoms with E-state index in [9.17, 15) is 4.79 Å². The van der Waals surface area contributed by atoms with Crippen LogP contribution in [-0.4, -0.2) is 15.5 Å². The Morgan fingerprint density at radius 2 is 2.14 bits per heavy atom. The fraction of sp³-hybridized carbons (Fsp3) is 0.294. The number of fused-ring (bicyclic) bond motifs is 1. The van der Waals surface area contributed by atoms with Gasteiger partial charge < -0.3 is 9.88 Å². The zero-order valence-electron chi connectivity index (χ0n) is 12.7. The molecular formula is C17H19N3OS. The fourth-order valence-corrected chi connectivity index (χ4v) is 3.35. The van der Waals surface area contributed by atoms with Crippen LogP contribution in [0.3, 0.4) is 0 Å². The van der Waals surface area contributed by atoms with Crippen LogP contribution in [0.25, 0.3) is 11.0 Å². The van der Waals surface area contributed by atoms with Gasteiger partial charge in [0.25, 0.3) is 0 Å². The molecule has 114 valence electrons. The molecule has 0 aliphatic rings. The monoisotopic (exact) mass is 313 g/mol. The second kappa shape index (κ2) is 6.32. The van der Waals surface area contributed by atoms with Crippen LogP contribution in [0.1, 0.15) is 30.6 Å². The fourth-order valence-electron chi connectivity index (χ4n) is 2.61. The summed E-state index contributed by atoms with van der Waals surface area (Å²) in [4.78, 5) is 18.1. The van der Waals surface area contributed by atoms with Gasteiger partial charge in [-0.3, -0.25) is 4.79 Å². The molecule has 0 spiro atoms. The van der Waals surface area contributed by atoms with Crippen molar-refractivity contribution in [3.8, 4) is 0 Å². The van der Waals surface area contributed by atoms with Gasteiger partial charge in [-0.2, -0.15) is 0 Å². The van der Waals surface area contributed by atoms with Crippen molar-refractivity contribution < 1.29 is 4.79 Å². The molecule has 1 atom stereocenters. The summed E-state index contributed by atoms with van der Waals surface area (Å²) in [5, 5.41) is 5.08. The number of aryl methyl sites for hydroxylation is 1. The summed E-state index contributed by atoms with van der Waals surface area (Å²) in [5.41, 5.74) is 1.96. The van der Waals surface area contributed by atoms with Crippen molar-refractivity contribution in [1.82, 2.24) is 14.9 Å². The van der Waals surface area contributed by atoms with Crippen LogP contribution in [0, 0.1) is 0 Å². The van der Waals surface area contributed by atoms with E-state index >= 15 is 0 Å². The van der Waals surface area contributed by atoms with E-state index in [1.807, 2.05) is 53.3 Å². The van der Waals surface area contributed by atoms with Crippen LogP contribution in [0.2, 0.25) is 0 Å². The lowest BCUT2D eigenvalue weighted by Gasteiger charge is -2.14. The second-order valence-electron chi connectivity index (χ2n) is 5.26. The standard InChI is InChI=1S/C17H19N3OS/c1-3-16-19-13-7-4-5-8-14(13)20(16)11-17(21)18-12(2)15-9-6-10-22-15/h4-10,12H,3,11H2,1-2H3,(H,18,21). The lowest BCUT2D eigenvalue weighted by atomic mass is 10.2. The highest BCUT2D eigenvalue weighted by atomic mass is 32.1. The van der Waals surface area contributed by atoms with Gasteiger partial charge in [-0.15, -0.1) is 11.3 Å². The molecule has 2 aromatic heterocycles. The molecule has 1 unspecified atom stereocenters. The molecule has 2 heterocycles. The maximum Gasteiger partial charge on any atom is 0.240 e. The Morgan fingerprint density at radius 1 is 1.32 bits per heavy atom. The van der Waals surface area contributed by atoms with Crippen LogP contribution in [0.5, 0.6) is 0 Å². The average molecular weight is 313 g/mol. The largest absolute Gasteiger partial charge is 0.347 e. The number of para-hydroxylation sites is 2. The second-order valence-corrected chi connectivity index (χ2v) is 6.24. The van der Waals surface area contributed by atoms with E-state index in [4.69, 9.17) is 0 Å². The Kier molecular flexibility index (Phi) is 4.24. The van der Waals surface area contributed by atoms with E-state index < -0.39 is 0 Å². The van der Waals surface area contributed by atoms with E-state index in [0.717, 1.165) is 23.3 Å². The van der Waals surface area contributed by atoms with Crippen molar-refractivity contribution in [3.63, 3.8) is 0 Å². The smallest absolute Gasteiger partial charge is 0.240 e. The van der Waals surface area contributed by atoms with Gasteiger partial charge in [0, 0.05) is 11.3 Å². The van der Waals surface area contributed by atoms with Crippen molar-refractivity contribution in [2.24, 2.45) is 0 Å². The van der Waals surface area contributed by atoms with Crippen molar-refractivity contribution in [2.45, 2.75) is 32.9 Å². The number of benzene rings is 1. The third-order valence-electron chi connectivity index (χ3n) is 3.70. The van der Waals surface area contributed by atoms with Crippen LogP contribution >= 0.6 is 11.3 Å². The highest BCUT2D eigenvalue weighted by Crippen LogP contribution is 2.19. The Balaban J connectivity index is 1.79. The summed E-state index contributed by atoms with van der Waals surface area (Å²) in [6, 6.07) is 12.0. The number of nitrogens with zero attached hydrogens (tertiary/aromatic N) is 2. The van der Waals surface area contributed by atoms with E-state index in [2.05, 4.69) is 17.2 Å². The molecule has 1 N–H and O–H groups in total. The highest BCUT2D eigenvalue weighted by molar-refractivity contribution is 7.10. The Labute approximate surface area is 133 Å². The number of hydrogen-bond donors (Lipinski definition) is 1. The van der Waals surface area contributed by atoms with Gasteiger partial charge in [-0.05, 0) is 30.5 Å². The molecule has 0 radical (unpaired) electrons. The van der Waals surface area contributed by atoms with Crippen molar-refractivity contribution in [3.05, 3.63) is 52.5 Å². The minimum atomic E-state index is 0.0127. The molecule has 0 aliphatic heterocycles. The van der Waals surface area contributed by atoms with Gasteiger partial charge in [-0.1, -0.05) is 25.1 Å². The Bertz CT molecular complexity index is 776. The minimum absolute atomic E-state index is 0.0127. The van der Waals surface area contributed by atoms with Gasteiger partial charge in [0.1, 0.15) is 12.4 Å². The molecule has 4 nitrogen and oxygen atoms in total. The number of thiophene rings is 1. The number of rotatable bonds is 5. The van der Waals surface area contributed by atoms with Gasteiger partial charge in [0.2, 0.25) is 5.91 Å². The zero-order chi connectivity index (χ0) is 15.5. The first kappa shape index (κ1) is 14.8. The van der Waals surface area contributed by atoms with Gasteiger partial charge in [-0.25, -0.2) is 4.98 Å². The summed E-state index contributed by atoms with van der Waals surface area (Å²) in [6.45, 7) is 4.37. The molecule has 0 fully saturated rings. The van der Waals surface area contributed by atoms with E-state index in [1.165, 1.54) is 4.88 Å². The van der Waals surface area contributed by atoms with Crippen LogP contribution < -0.4 is 5.32 Å². The van der Waals surface area contributed by atoms with Gasteiger partial charge in [0.15, 0.2) is 0 Å². The number of carbonyl (C=O) groups excluding carboxylic acids is 1. The lowest BCUT2D eigenvalue weighted by molar-refractivity contribution is -0.122. The molecule has 3 rings (SSSR count). The number of aromatic nitrogens is 2. The molecule has 3 aromatic rings. The van der Waals surface area contributed by atoms with E-state index in [1.54, 1.807) is 11.3 Å². The van der Waals surface area contributed by atoms with Crippen LogP contribution in [0.15, 0.2) is 41.8 Å². The van der Waals surface area contributed by atoms with E-state index in [-0.39, 0.29) is 11.9 Å². The highest BCUT2D eigenvalue weighted by Gasteiger charge is 2.14. The number of imidazole rings is 1. The minimum Gasteiger partial charge on any atom is -0.347 e. The number of carbonyl (C=O) groups is 1. The summed E-state index contributed by atoms with van der Waals surface area (Å²) in [6.07, 6.45) is 0.808. The predicted molar refractivity (Wildman–Crippen MR) is 90.0 cm³/mol. The SMILES string of the molecule is CCc1nc2ccccc2n1CC(=O)NC(C)c1cccs1. The maximum absolute atomic E-state index is 12.4. The zero-order valence-corrected chi connectivity index (χ0v) is 13.6. The van der Waals surface area contributed by atoms with E-state index in [0.29, 0.717) is 6.54 Å². The first-order chi connectivity index (χ1) is 10.7. The topological polar surface area (TPSA) is 46.9 Å². The summed E-state index contributed by atoms with van der Waals surface area (Å²) >= 11 is 1.66. The Morgan fingerprint density at radius 3 is 2.86 bits per heavy atom. The molecular weight excluding hydrogens is 294 g/mol. The lowest BCUT2D eigenvalue weighted by Crippen LogP contribution is -2.30. The molecule has 0 saturated heterocycles. The Hall–Kier alpha value is -2.14. The third kappa shape index (κ3) is 2.90. The number of hydrogen-bond acceptors (Lipinski definition) is 3. The summed E-state index contributed by atoms with van der Waals surface area (Å²) < 4.78 is 2.01. The van der Waals surface area contributed by atoms with Crippen molar-refractivity contribution >= 4 is 28.3 Å². The van der Waals surface area contributed by atoms with Crippen LogP contribution in [0.4, 0.5) is 0 Å². The predicted octanol–water partition coefficient (Wildman–Crippen LogP) is 3.54. The first-order valence-electron chi connectivity index (χ1n) is 7.46. The third-order valence-corrected chi connectivity index (χ3v) is 4.75. The first-order valence-corrected chi connectivity index (χ1v) is 8.34. The quantitative estimate of drug-likeness (QED) is 0.783. The van der Waals surface area contributed by atoms with Crippen molar-refractivity contribution in [2.75, 3.05) is 0 Å². The summed E-state index contributed by atoms with van der Waals surface area (Å²) in [7, 11) is 0. The molecule has 22 heavy (non-hydrogen) atoms. The molecule has 1 amide bonds.